The first-order valence-corrected chi connectivity index (χ1v) is 2.90. The van der Waals surface area contributed by atoms with Gasteiger partial charge in [-0.1, -0.05) is 0 Å². The zero-order valence-corrected chi connectivity index (χ0v) is 6.05. The van der Waals surface area contributed by atoms with Crippen LogP contribution in [0.2, 0.25) is 0 Å². The SMILES string of the molecule is C[C@@H](O)[C@H](C)N(C)C. The quantitative estimate of drug-likeness (QED) is 0.563. The van der Waals surface area contributed by atoms with Gasteiger partial charge < -0.3 is 10.0 Å². The van der Waals surface area contributed by atoms with Gasteiger partial charge in [-0.2, -0.15) is 0 Å². The molecule has 0 saturated carbocycles. The van der Waals surface area contributed by atoms with Crippen LogP contribution >= 0.6 is 0 Å². The second kappa shape index (κ2) is 3.05. The second-order valence-electron chi connectivity index (χ2n) is 2.44. The predicted octanol–water partition coefficient (Wildman–Crippen LogP) is 0.317. The normalized spacial score (nSPS) is 18.8. The monoisotopic (exact) mass is 117 g/mol. The topological polar surface area (TPSA) is 23.5 Å². The van der Waals surface area contributed by atoms with E-state index in [1.165, 1.54) is 0 Å². The summed E-state index contributed by atoms with van der Waals surface area (Å²) in [5.41, 5.74) is 0. The number of nitrogens with zero attached hydrogens (tertiary/aromatic N) is 1. The molecule has 0 heterocycles. The van der Waals surface area contributed by atoms with E-state index in [2.05, 4.69) is 0 Å². The van der Waals surface area contributed by atoms with Crippen molar-refractivity contribution in [3.8, 4) is 0 Å². The van der Waals surface area contributed by atoms with E-state index in [4.69, 9.17) is 5.11 Å². The summed E-state index contributed by atoms with van der Waals surface area (Å²) in [6, 6.07) is 0.259. The summed E-state index contributed by atoms with van der Waals surface area (Å²) < 4.78 is 0. The Morgan fingerprint density at radius 3 is 1.62 bits per heavy atom. The van der Waals surface area contributed by atoms with E-state index >= 15 is 0 Å². The van der Waals surface area contributed by atoms with Gasteiger partial charge in [0.2, 0.25) is 0 Å². The lowest BCUT2D eigenvalue weighted by Crippen LogP contribution is -2.34. The fourth-order valence-corrected chi connectivity index (χ4v) is 0.431. The van der Waals surface area contributed by atoms with Gasteiger partial charge in [-0.05, 0) is 27.9 Å². The molecule has 0 saturated heterocycles. The van der Waals surface area contributed by atoms with E-state index in [0.717, 1.165) is 0 Å². The maximum Gasteiger partial charge on any atom is 0.0664 e. The van der Waals surface area contributed by atoms with Crippen LogP contribution in [0.15, 0.2) is 0 Å². The zero-order chi connectivity index (χ0) is 6.73. The molecule has 0 radical (unpaired) electrons. The number of aliphatic hydroxyl groups is 1. The molecule has 0 rings (SSSR count). The van der Waals surface area contributed by atoms with Crippen LogP contribution in [0.5, 0.6) is 0 Å². The molecule has 1 N–H and O–H groups in total. The molecule has 0 aromatic heterocycles. The van der Waals surface area contributed by atoms with E-state index < -0.39 is 0 Å². The van der Waals surface area contributed by atoms with Gasteiger partial charge >= 0.3 is 0 Å². The molecule has 2 atom stereocenters. The first-order chi connectivity index (χ1) is 3.55. The van der Waals surface area contributed by atoms with Crippen molar-refractivity contribution in [2.75, 3.05) is 14.1 Å². The number of hydrogen-bond acceptors (Lipinski definition) is 2. The van der Waals surface area contributed by atoms with Crippen molar-refractivity contribution in [1.29, 1.82) is 0 Å². The van der Waals surface area contributed by atoms with Gasteiger partial charge in [-0.3, -0.25) is 0 Å². The molecule has 0 unspecified atom stereocenters. The molecule has 0 amide bonds. The minimum atomic E-state index is -0.231. The Bertz CT molecular complexity index is 53.5. The highest BCUT2D eigenvalue weighted by Crippen LogP contribution is 1.96. The van der Waals surface area contributed by atoms with E-state index in [9.17, 15) is 0 Å². The third-order valence-corrected chi connectivity index (χ3v) is 1.51. The maximum atomic E-state index is 8.95. The average Bonchev–Trinajstić information content (AvgIpc) is 1.64. The minimum absolute atomic E-state index is 0.231. The molecule has 0 bridgehead atoms. The van der Waals surface area contributed by atoms with Crippen LogP contribution in [-0.4, -0.2) is 36.2 Å². The summed E-state index contributed by atoms with van der Waals surface area (Å²) in [5, 5.41) is 8.95. The smallest absolute Gasteiger partial charge is 0.0664 e. The molecule has 0 fully saturated rings. The molecule has 2 heteroatoms. The summed E-state index contributed by atoms with van der Waals surface area (Å²) in [6.45, 7) is 3.79. The van der Waals surface area contributed by atoms with Gasteiger partial charge in [-0.25, -0.2) is 0 Å². The van der Waals surface area contributed by atoms with Gasteiger partial charge in [-0.15, -0.1) is 0 Å². The van der Waals surface area contributed by atoms with Crippen molar-refractivity contribution >= 4 is 0 Å². The van der Waals surface area contributed by atoms with E-state index in [1.807, 2.05) is 25.9 Å². The highest BCUT2D eigenvalue weighted by molar-refractivity contribution is 4.64. The van der Waals surface area contributed by atoms with Crippen LogP contribution in [0.4, 0.5) is 0 Å². The molecule has 2 nitrogen and oxygen atoms in total. The molecule has 0 aliphatic rings. The fraction of sp³-hybridized carbons (Fsp3) is 1.00. The first kappa shape index (κ1) is 7.92. The van der Waals surface area contributed by atoms with Gasteiger partial charge in [0.15, 0.2) is 0 Å². The van der Waals surface area contributed by atoms with Crippen LogP contribution in [0.1, 0.15) is 13.8 Å². The third kappa shape index (κ3) is 2.28. The molecule has 0 aromatic carbocycles. The highest BCUT2D eigenvalue weighted by atomic mass is 16.3. The van der Waals surface area contributed by atoms with Crippen LogP contribution in [-0.2, 0) is 0 Å². The molecule has 0 aliphatic carbocycles. The molecular weight excluding hydrogens is 102 g/mol. The number of hydrogen-bond donors (Lipinski definition) is 1. The van der Waals surface area contributed by atoms with Gasteiger partial charge in [0.25, 0.3) is 0 Å². The Morgan fingerprint density at radius 2 is 1.62 bits per heavy atom. The van der Waals surface area contributed by atoms with Crippen molar-refractivity contribution < 1.29 is 5.11 Å². The highest BCUT2D eigenvalue weighted by Gasteiger charge is 2.08. The summed E-state index contributed by atoms with van der Waals surface area (Å²) in [6.07, 6.45) is -0.231. The maximum absolute atomic E-state index is 8.95. The van der Waals surface area contributed by atoms with Gasteiger partial charge in [0.1, 0.15) is 0 Å². The number of likely N-dealkylation sites (N-methyl/N-ethyl adjacent to an activating group) is 1. The Balaban J connectivity index is 3.46. The second-order valence-corrected chi connectivity index (χ2v) is 2.44. The lowest BCUT2D eigenvalue weighted by Gasteiger charge is -2.21. The minimum Gasteiger partial charge on any atom is -0.392 e. The Kier molecular flexibility index (Phi) is 3.02. The third-order valence-electron chi connectivity index (χ3n) is 1.51. The average molecular weight is 117 g/mol. The van der Waals surface area contributed by atoms with Crippen molar-refractivity contribution in [2.24, 2.45) is 0 Å². The van der Waals surface area contributed by atoms with Crippen LogP contribution in [0, 0.1) is 0 Å². The van der Waals surface area contributed by atoms with Crippen molar-refractivity contribution in [1.82, 2.24) is 4.90 Å². The van der Waals surface area contributed by atoms with E-state index in [0.29, 0.717) is 0 Å². The van der Waals surface area contributed by atoms with Crippen LogP contribution < -0.4 is 0 Å². The summed E-state index contributed by atoms with van der Waals surface area (Å²) in [4.78, 5) is 1.99. The van der Waals surface area contributed by atoms with Crippen LogP contribution in [0.25, 0.3) is 0 Å². The number of rotatable bonds is 2. The Hall–Kier alpha value is -0.0800. The predicted molar refractivity (Wildman–Crippen MR) is 34.8 cm³/mol. The summed E-state index contributed by atoms with van der Waals surface area (Å²) in [5.74, 6) is 0. The van der Waals surface area contributed by atoms with Gasteiger partial charge in [0.05, 0.1) is 6.10 Å². The summed E-state index contributed by atoms with van der Waals surface area (Å²) >= 11 is 0. The lowest BCUT2D eigenvalue weighted by molar-refractivity contribution is 0.101. The van der Waals surface area contributed by atoms with Crippen molar-refractivity contribution in [3.63, 3.8) is 0 Å². The fourth-order valence-electron chi connectivity index (χ4n) is 0.431. The molecule has 0 aromatic rings. The van der Waals surface area contributed by atoms with E-state index in [-0.39, 0.29) is 12.1 Å². The zero-order valence-electron chi connectivity index (χ0n) is 6.05. The molecule has 0 aliphatic heterocycles. The molecule has 8 heavy (non-hydrogen) atoms. The lowest BCUT2D eigenvalue weighted by atomic mass is 10.2. The molecule has 50 valence electrons. The standard InChI is InChI=1S/C6H15NO/c1-5(6(2)8)7(3)4/h5-6,8H,1-4H3/t5-,6+/m0/s1. The Morgan fingerprint density at radius 1 is 1.25 bits per heavy atom. The largest absolute Gasteiger partial charge is 0.392 e. The van der Waals surface area contributed by atoms with Crippen LogP contribution in [0.3, 0.4) is 0 Å². The first-order valence-electron chi connectivity index (χ1n) is 2.90. The molecular formula is C6H15NO. The van der Waals surface area contributed by atoms with Crippen molar-refractivity contribution in [3.05, 3.63) is 0 Å². The summed E-state index contributed by atoms with van der Waals surface area (Å²) in [7, 11) is 3.91. The van der Waals surface area contributed by atoms with E-state index in [1.54, 1.807) is 6.92 Å². The number of aliphatic hydroxyl groups excluding tert-OH is 1. The molecule has 0 spiro atoms. The van der Waals surface area contributed by atoms with Crippen molar-refractivity contribution in [2.45, 2.75) is 26.0 Å². The Labute approximate surface area is 51.1 Å². The van der Waals surface area contributed by atoms with Gasteiger partial charge in [0, 0.05) is 6.04 Å².